The highest BCUT2D eigenvalue weighted by molar-refractivity contribution is 5.90. The molecule has 3 aromatic rings. The number of esters is 1. The Morgan fingerprint density at radius 3 is 2.70 bits per heavy atom. The predicted octanol–water partition coefficient (Wildman–Crippen LogP) is 1.89. The number of carbonyl (C=O) groups is 1. The first kappa shape index (κ1) is 12.3. The summed E-state index contributed by atoms with van der Waals surface area (Å²) in [6.45, 7) is 1.78. The number of carbonyl (C=O) groups excluding carboxylic acids is 1. The maximum absolute atomic E-state index is 11.6. The van der Waals surface area contributed by atoms with Crippen molar-refractivity contribution in [3.63, 3.8) is 0 Å². The van der Waals surface area contributed by atoms with Gasteiger partial charge in [0.1, 0.15) is 0 Å². The van der Waals surface area contributed by atoms with Crippen LogP contribution < -0.4 is 0 Å². The molecule has 0 fully saturated rings. The van der Waals surface area contributed by atoms with Gasteiger partial charge in [0, 0.05) is 11.8 Å². The standard InChI is InChI=1S/C14H12N4O2/c1-9-11(13(19)20-2)8-15-14-16-12(17-18(9)14)10-6-4-3-5-7-10/h3-8H,1-2H3. The summed E-state index contributed by atoms with van der Waals surface area (Å²) in [6.07, 6.45) is 1.46. The van der Waals surface area contributed by atoms with E-state index in [0.717, 1.165) is 5.56 Å². The van der Waals surface area contributed by atoms with Crippen LogP contribution in [-0.4, -0.2) is 32.7 Å². The van der Waals surface area contributed by atoms with Gasteiger partial charge in [-0.3, -0.25) is 0 Å². The average Bonchev–Trinajstić information content (AvgIpc) is 2.93. The molecule has 2 heterocycles. The van der Waals surface area contributed by atoms with Gasteiger partial charge in [-0.1, -0.05) is 30.3 Å². The summed E-state index contributed by atoms with van der Waals surface area (Å²) in [5, 5.41) is 4.40. The Balaban J connectivity index is 2.17. The highest BCUT2D eigenvalue weighted by atomic mass is 16.5. The molecule has 0 saturated carbocycles. The molecule has 1 aromatic carbocycles. The van der Waals surface area contributed by atoms with E-state index in [-0.39, 0.29) is 0 Å². The number of nitrogens with zero attached hydrogens (tertiary/aromatic N) is 4. The molecule has 0 unspecified atom stereocenters. The molecule has 6 nitrogen and oxygen atoms in total. The number of aryl methyl sites for hydroxylation is 1. The van der Waals surface area contributed by atoms with Crippen LogP contribution >= 0.6 is 0 Å². The Morgan fingerprint density at radius 1 is 1.25 bits per heavy atom. The summed E-state index contributed by atoms with van der Waals surface area (Å²) >= 11 is 0. The fourth-order valence-electron chi connectivity index (χ4n) is 1.96. The fourth-order valence-corrected chi connectivity index (χ4v) is 1.96. The molecule has 3 rings (SSSR count). The second kappa shape index (κ2) is 4.73. The maximum atomic E-state index is 11.6. The number of fused-ring (bicyclic) bond motifs is 1. The van der Waals surface area contributed by atoms with Crippen LogP contribution in [-0.2, 0) is 4.74 Å². The molecule has 0 atom stereocenters. The largest absolute Gasteiger partial charge is 0.465 e. The predicted molar refractivity (Wildman–Crippen MR) is 72.3 cm³/mol. The molecular formula is C14H12N4O2. The van der Waals surface area contributed by atoms with Crippen LogP contribution in [0.2, 0.25) is 0 Å². The Morgan fingerprint density at radius 2 is 2.00 bits per heavy atom. The first-order valence-electron chi connectivity index (χ1n) is 6.07. The van der Waals surface area contributed by atoms with Crippen LogP contribution in [0.5, 0.6) is 0 Å². The summed E-state index contributed by atoms with van der Waals surface area (Å²) in [6, 6.07) is 9.61. The quantitative estimate of drug-likeness (QED) is 0.664. The van der Waals surface area contributed by atoms with Crippen LogP contribution in [0.4, 0.5) is 0 Å². The van der Waals surface area contributed by atoms with Crippen molar-refractivity contribution in [1.82, 2.24) is 19.6 Å². The molecule has 0 N–H and O–H groups in total. The van der Waals surface area contributed by atoms with Crippen molar-refractivity contribution < 1.29 is 9.53 Å². The molecule has 2 aromatic heterocycles. The van der Waals surface area contributed by atoms with Gasteiger partial charge in [0.15, 0.2) is 5.82 Å². The minimum atomic E-state index is -0.436. The highest BCUT2D eigenvalue weighted by Gasteiger charge is 2.15. The van der Waals surface area contributed by atoms with Crippen LogP contribution in [0.3, 0.4) is 0 Å². The number of aromatic nitrogens is 4. The molecule has 100 valence electrons. The van der Waals surface area contributed by atoms with Gasteiger partial charge in [-0.25, -0.2) is 14.3 Å². The van der Waals surface area contributed by atoms with E-state index >= 15 is 0 Å². The van der Waals surface area contributed by atoms with E-state index in [0.29, 0.717) is 22.9 Å². The fraction of sp³-hybridized carbons (Fsp3) is 0.143. The van der Waals surface area contributed by atoms with E-state index < -0.39 is 5.97 Å². The zero-order valence-corrected chi connectivity index (χ0v) is 11.1. The monoisotopic (exact) mass is 268 g/mol. The van der Waals surface area contributed by atoms with E-state index in [1.807, 2.05) is 30.3 Å². The van der Waals surface area contributed by atoms with Gasteiger partial charge in [-0.05, 0) is 6.92 Å². The molecule has 6 heteroatoms. The number of methoxy groups -OCH3 is 1. The lowest BCUT2D eigenvalue weighted by Crippen LogP contribution is -2.09. The molecule has 0 aliphatic heterocycles. The van der Waals surface area contributed by atoms with E-state index in [1.165, 1.54) is 13.3 Å². The molecule has 0 saturated heterocycles. The Labute approximate surface area is 115 Å². The summed E-state index contributed by atoms with van der Waals surface area (Å²) in [5.74, 6) is 0.589. The zero-order valence-electron chi connectivity index (χ0n) is 11.1. The lowest BCUT2D eigenvalue weighted by atomic mass is 10.2. The average molecular weight is 268 g/mol. The Kier molecular flexibility index (Phi) is 2.90. The van der Waals surface area contributed by atoms with Crippen LogP contribution in [0.25, 0.3) is 17.2 Å². The SMILES string of the molecule is COC(=O)c1cnc2nc(-c3ccccc3)nn2c1C. The van der Waals surface area contributed by atoms with E-state index in [1.54, 1.807) is 11.4 Å². The number of hydrogen-bond acceptors (Lipinski definition) is 5. The second-order valence-corrected chi connectivity index (χ2v) is 4.26. The van der Waals surface area contributed by atoms with Crippen LogP contribution in [0.15, 0.2) is 36.5 Å². The van der Waals surface area contributed by atoms with Crippen molar-refractivity contribution >= 4 is 11.7 Å². The Bertz CT molecular complexity index is 780. The number of ether oxygens (including phenoxy) is 1. The summed E-state index contributed by atoms with van der Waals surface area (Å²) in [4.78, 5) is 20.1. The topological polar surface area (TPSA) is 69.4 Å². The van der Waals surface area contributed by atoms with Crippen molar-refractivity contribution in [1.29, 1.82) is 0 Å². The van der Waals surface area contributed by atoms with Crippen LogP contribution in [0, 0.1) is 6.92 Å². The summed E-state index contributed by atoms with van der Waals surface area (Å²) < 4.78 is 6.27. The molecule has 0 bridgehead atoms. The van der Waals surface area contributed by atoms with Crippen molar-refractivity contribution in [2.45, 2.75) is 6.92 Å². The third-order valence-electron chi connectivity index (χ3n) is 3.04. The first-order valence-corrected chi connectivity index (χ1v) is 6.07. The summed E-state index contributed by atoms with van der Waals surface area (Å²) in [5.41, 5.74) is 1.93. The van der Waals surface area contributed by atoms with E-state index in [4.69, 9.17) is 4.74 Å². The van der Waals surface area contributed by atoms with Gasteiger partial charge in [-0.15, -0.1) is 5.10 Å². The molecule has 0 spiro atoms. The third kappa shape index (κ3) is 1.91. The van der Waals surface area contributed by atoms with Gasteiger partial charge in [0.05, 0.1) is 18.4 Å². The second-order valence-electron chi connectivity index (χ2n) is 4.26. The normalized spacial score (nSPS) is 10.7. The minimum absolute atomic E-state index is 0.379. The van der Waals surface area contributed by atoms with Crippen LogP contribution in [0.1, 0.15) is 16.1 Å². The van der Waals surface area contributed by atoms with Gasteiger partial charge in [0.25, 0.3) is 5.78 Å². The number of rotatable bonds is 2. The number of hydrogen-bond donors (Lipinski definition) is 0. The zero-order chi connectivity index (χ0) is 14.1. The lowest BCUT2D eigenvalue weighted by molar-refractivity contribution is 0.0598. The van der Waals surface area contributed by atoms with E-state index in [9.17, 15) is 4.79 Å². The third-order valence-corrected chi connectivity index (χ3v) is 3.04. The summed E-state index contributed by atoms with van der Waals surface area (Å²) in [7, 11) is 1.34. The minimum Gasteiger partial charge on any atom is -0.465 e. The molecule has 0 radical (unpaired) electrons. The van der Waals surface area contributed by atoms with Crippen molar-refractivity contribution in [3.05, 3.63) is 47.8 Å². The molecule has 0 aliphatic rings. The lowest BCUT2D eigenvalue weighted by Gasteiger charge is -2.03. The molecular weight excluding hydrogens is 256 g/mol. The maximum Gasteiger partial charge on any atom is 0.341 e. The molecule has 0 aliphatic carbocycles. The molecule has 20 heavy (non-hydrogen) atoms. The van der Waals surface area contributed by atoms with Crippen molar-refractivity contribution in [3.8, 4) is 11.4 Å². The number of benzene rings is 1. The van der Waals surface area contributed by atoms with Gasteiger partial charge in [-0.2, -0.15) is 4.98 Å². The van der Waals surface area contributed by atoms with E-state index in [2.05, 4.69) is 15.1 Å². The van der Waals surface area contributed by atoms with Crippen molar-refractivity contribution in [2.75, 3.05) is 7.11 Å². The van der Waals surface area contributed by atoms with Gasteiger partial charge in [0.2, 0.25) is 0 Å². The van der Waals surface area contributed by atoms with Gasteiger partial charge < -0.3 is 4.74 Å². The van der Waals surface area contributed by atoms with Crippen molar-refractivity contribution in [2.24, 2.45) is 0 Å². The smallest absolute Gasteiger partial charge is 0.341 e. The first-order chi connectivity index (χ1) is 9.70. The highest BCUT2D eigenvalue weighted by Crippen LogP contribution is 2.17. The van der Waals surface area contributed by atoms with Gasteiger partial charge >= 0.3 is 5.97 Å². The Hall–Kier alpha value is -2.76. The molecule has 0 amide bonds.